The normalized spacial score (nSPS) is 10.8. The fraction of sp³-hybridized carbons (Fsp3) is 0.0909. The molecule has 1 amide bonds. The van der Waals surface area contributed by atoms with Crippen molar-refractivity contribution in [2.75, 3.05) is 5.32 Å². The summed E-state index contributed by atoms with van der Waals surface area (Å²) in [6.45, 7) is 2.06. The van der Waals surface area contributed by atoms with E-state index >= 15 is 0 Å². The summed E-state index contributed by atoms with van der Waals surface area (Å²) in [6, 6.07) is 13.4. The second-order valence-electron chi connectivity index (χ2n) is 6.69. The minimum absolute atomic E-state index is 0.120. The molecule has 0 radical (unpaired) electrons. The summed E-state index contributed by atoms with van der Waals surface area (Å²) in [5, 5.41) is 12.8. The summed E-state index contributed by atoms with van der Waals surface area (Å²) in [6.07, 6.45) is 4.83. The molecule has 2 N–H and O–H groups in total. The largest absolute Gasteiger partial charge is 0.508 e. The van der Waals surface area contributed by atoms with Crippen LogP contribution in [-0.2, 0) is 6.54 Å². The Labute approximate surface area is 166 Å². The lowest BCUT2D eigenvalue weighted by Crippen LogP contribution is -2.23. The zero-order valence-corrected chi connectivity index (χ0v) is 15.7. The maximum absolute atomic E-state index is 13.1. The van der Waals surface area contributed by atoms with Gasteiger partial charge in [0.2, 0.25) is 0 Å². The highest BCUT2D eigenvalue weighted by Crippen LogP contribution is 2.21. The average Bonchev–Trinajstić information content (AvgIpc) is 2.73. The third-order valence-corrected chi connectivity index (χ3v) is 4.66. The van der Waals surface area contributed by atoms with Crippen molar-refractivity contribution in [3.63, 3.8) is 0 Å². The Morgan fingerprint density at radius 1 is 1.14 bits per heavy atom. The van der Waals surface area contributed by atoms with Gasteiger partial charge in [-0.15, -0.1) is 0 Å². The molecule has 7 heteroatoms. The first-order valence-electron chi connectivity index (χ1n) is 9.01. The molecule has 2 aromatic heterocycles. The van der Waals surface area contributed by atoms with Gasteiger partial charge < -0.3 is 10.4 Å². The molecule has 0 aliphatic carbocycles. The Kier molecular flexibility index (Phi) is 4.78. The fourth-order valence-corrected chi connectivity index (χ4v) is 3.09. The van der Waals surface area contributed by atoms with Crippen LogP contribution >= 0.6 is 0 Å². The quantitative estimate of drug-likeness (QED) is 0.562. The summed E-state index contributed by atoms with van der Waals surface area (Å²) in [4.78, 5) is 34.1. The Morgan fingerprint density at radius 2 is 1.93 bits per heavy atom. The third-order valence-electron chi connectivity index (χ3n) is 4.66. The Bertz CT molecular complexity index is 1270. The summed E-state index contributed by atoms with van der Waals surface area (Å²) in [5.41, 5.74) is 2.55. The SMILES string of the molecule is Cc1cc(C(=O)Nc2cccc3ncn(Cc4ccncc4)c(=O)c23)ccc1O. The number of carbonyl (C=O) groups is 1. The van der Waals surface area contributed by atoms with Crippen LogP contribution in [0.4, 0.5) is 5.69 Å². The maximum Gasteiger partial charge on any atom is 0.263 e. The lowest BCUT2D eigenvalue weighted by atomic mass is 10.1. The number of nitrogens with zero attached hydrogens (tertiary/aromatic N) is 3. The molecule has 0 saturated heterocycles. The van der Waals surface area contributed by atoms with Crippen LogP contribution < -0.4 is 10.9 Å². The molecule has 144 valence electrons. The number of carbonyl (C=O) groups excluding carboxylic acids is 1. The highest BCUT2D eigenvalue weighted by molar-refractivity contribution is 6.08. The number of pyridine rings is 1. The maximum atomic E-state index is 13.1. The van der Waals surface area contributed by atoms with Crippen LogP contribution in [0.1, 0.15) is 21.5 Å². The van der Waals surface area contributed by atoms with E-state index in [-0.39, 0.29) is 17.2 Å². The van der Waals surface area contributed by atoms with Crippen molar-refractivity contribution in [2.24, 2.45) is 0 Å². The van der Waals surface area contributed by atoms with E-state index in [2.05, 4.69) is 15.3 Å². The molecule has 0 spiro atoms. The number of fused-ring (bicyclic) bond motifs is 1. The molecule has 4 rings (SSSR count). The third kappa shape index (κ3) is 3.70. The van der Waals surface area contributed by atoms with Gasteiger partial charge >= 0.3 is 0 Å². The molecule has 0 atom stereocenters. The summed E-state index contributed by atoms with van der Waals surface area (Å²) in [5.74, 6) is -0.251. The minimum atomic E-state index is -0.371. The van der Waals surface area contributed by atoms with Crippen LogP contribution in [0.3, 0.4) is 0 Å². The molecular weight excluding hydrogens is 368 g/mol. The van der Waals surface area contributed by atoms with Gasteiger partial charge in [-0.3, -0.25) is 19.1 Å². The zero-order chi connectivity index (χ0) is 20.4. The number of phenolic OH excluding ortho intramolecular Hbond substituents is 1. The van der Waals surface area contributed by atoms with E-state index in [4.69, 9.17) is 0 Å². The van der Waals surface area contributed by atoms with Crippen molar-refractivity contribution in [1.29, 1.82) is 0 Å². The molecule has 0 bridgehead atoms. The minimum Gasteiger partial charge on any atom is -0.508 e. The Balaban J connectivity index is 1.72. The molecule has 4 aromatic rings. The van der Waals surface area contributed by atoms with Crippen LogP contribution in [0.5, 0.6) is 5.75 Å². The standard InChI is InChI=1S/C22H18N4O3/c1-14-11-16(5-6-19(14)27)21(28)25-18-4-2-3-17-20(18)22(29)26(13-24-17)12-15-7-9-23-10-8-15/h2-11,13,27H,12H2,1H3,(H,25,28). The van der Waals surface area contributed by atoms with Gasteiger partial charge in [0.15, 0.2) is 0 Å². The second kappa shape index (κ2) is 7.55. The number of aromatic hydroxyl groups is 1. The van der Waals surface area contributed by atoms with Gasteiger partial charge in [0.25, 0.3) is 11.5 Å². The van der Waals surface area contributed by atoms with E-state index in [1.807, 2.05) is 12.1 Å². The van der Waals surface area contributed by atoms with Gasteiger partial charge in [-0.2, -0.15) is 0 Å². The summed E-state index contributed by atoms with van der Waals surface area (Å²) >= 11 is 0. The van der Waals surface area contributed by atoms with E-state index in [1.165, 1.54) is 23.0 Å². The second-order valence-corrected chi connectivity index (χ2v) is 6.69. The van der Waals surface area contributed by atoms with E-state index in [0.717, 1.165) is 5.56 Å². The first-order chi connectivity index (χ1) is 14.0. The number of amides is 1. The van der Waals surface area contributed by atoms with Gasteiger partial charge in [-0.25, -0.2) is 4.98 Å². The Morgan fingerprint density at radius 3 is 2.69 bits per heavy atom. The van der Waals surface area contributed by atoms with Crippen LogP contribution in [-0.4, -0.2) is 25.5 Å². The van der Waals surface area contributed by atoms with Gasteiger partial charge in [-0.1, -0.05) is 6.07 Å². The molecule has 2 aromatic carbocycles. The number of hydrogen-bond donors (Lipinski definition) is 2. The molecule has 0 aliphatic heterocycles. The fourth-order valence-electron chi connectivity index (χ4n) is 3.09. The first kappa shape index (κ1) is 18.4. The number of anilines is 1. The number of benzene rings is 2. The Hall–Kier alpha value is -4.00. The van der Waals surface area contributed by atoms with E-state index in [9.17, 15) is 14.7 Å². The lowest BCUT2D eigenvalue weighted by molar-refractivity contribution is 0.102. The zero-order valence-electron chi connectivity index (χ0n) is 15.7. The van der Waals surface area contributed by atoms with Crippen LogP contribution in [0.2, 0.25) is 0 Å². The number of phenols is 1. The van der Waals surface area contributed by atoms with Crippen molar-refractivity contribution < 1.29 is 9.90 Å². The molecule has 0 fully saturated rings. The van der Waals surface area contributed by atoms with Gasteiger partial charge in [0.05, 0.1) is 29.5 Å². The molecule has 0 unspecified atom stereocenters. The number of hydrogen-bond acceptors (Lipinski definition) is 5. The monoisotopic (exact) mass is 386 g/mol. The topological polar surface area (TPSA) is 97.1 Å². The van der Waals surface area contributed by atoms with Gasteiger partial charge in [-0.05, 0) is 60.5 Å². The van der Waals surface area contributed by atoms with E-state index in [1.54, 1.807) is 43.6 Å². The first-order valence-corrected chi connectivity index (χ1v) is 9.01. The summed E-state index contributed by atoms with van der Waals surface area (Å²) in [7, 11) is 0. The predicted octanol–water partition coefficient (Wildman–Crippen LogP) is 3.11. The van der Waals surface area contributed by atoms with Crippen LogP contribution in [0, 0.1) is 6.92 Å². The van der Waals surface area contributed by atoms with Gasteiger partial charge in [0, 0.05) is 18.0 Å². The van der Waals surface area contributed by atoms with Crippen molar-refractivity contribution in [3.05, 3.63) is 94.3 Å². The van der Waals surface area contributed by atoms with E-state index in [0.29, 0.717) is 34.3 Å². The van der Waals surface area contributed by atoms with Crippen LogP contribution in [0.25, 0.3) is 10.9 Å². The molecule has 0 aliphatic rings. The highest BCUT2D eigenvalue weighted by Gasteiger charge is 2.13. The van der Waals surface area contributed by atoms with Crippen molar-refractivity contribution >= 4 is 22.5 Å². The van der Waals surface area contributed by atoms with Crippen molar-refractivity contribution in [3.8, 4) is 5.75 Å². The average molecular weight is 386 g/mol. The number of rotatable bonds is 4. The molecule has 0 saturated carbocycles. The molecular formula is C22H18N4O3. The molecule has 2 heterocycles. The van der Waals surface area contributed by atoms with Crippen LogP contribution in [0.15, 0.2) is 72.0 Å². The number of aryl methyl sites for hydroxylation is 1. The molecule has 29 heavy (non-hydrogen) atoms. The van der Waals surface area contributed by atoms with E-state index < -0.39 is 0 Å². The molecule has 7 nitrogen and oxygen atoms in total. The van der Waals surface area contributed by atoms with Crippen molar-refractivity contribution in [2.45, 2.75) is 13.5 Å². The number of nitrogens with one attached hydrogen (secondary N) is 1. The highest BCUT2D eigenvalue weighted by atomic mass is 16.3. The van der Waals surface area contributed by atoms with Gasteiger partial charge in [0.1, 0.15) is 5.75 Å². The van der Waals surface area contributed by atoms with Crippen molar-refractivity contribution in [1.82, 2.24) is 14.5 Å². The number of aromatic nitrogens is 3. The smallest absolute Gasteiger partial charge is 0.263 e. The summed E-state index contributed by atoms with van der Waals surface area (Å²) < 4.78 is 1.50. The lowest BCUT2D eigenvalue weighted by Gasteiger charge is -2.11. The predicted molar refractivity (Wildman–Crippen MR) is 110 cm³/mol.